The molecule has 0 aliphatic heterocycles. The molecule has 0 saturated heterocycles. The van der Waals surface area contributed by atoms with Crippen molar-refractivity contribution >= 4 is 17.9 Å². The van der Waals surface area contributed by atoms with Crippen molar-refractivity contribution in [2.45, 2.75) is 232 Å². The highest BCUT2D eigenvalue weighted by Crippen LogP contribution is 2.14. The Kier molecular flexibility index (Phi) is 37.5. The molecule has 0 aliphatic carbocycles. The number of allylic oxidation sites excluding steroid dienone is 2. The van der Waals surface area contributed by atoms with Gasteiger partial charge >= 0.3 is 17.9 Å². The molecule has 6 heteroatoms. The predicted octanol–water partition coefficient (Wildman–Crippen LogP) is 13.1. The smallest absolute Gasteiger partial charge is 0.306 e. The Morgan fingerprint density at radius 1 is 0.388 bits per heavy atom. The van der Waals surface area contributed by atoms with Crippen LogP contribution in [-0.2, 0) is 28.6 Å². The summed E-state index contributed by atoms with van der Waals surface area (Å²) in [7, 11) is 0. The van der Waals surface area contributed by atoms with Crippen molar-refractivity contribution in [2.24, 2.45) is 0 Å². The molecule has 6 nitrogen and oxygen atoms in total. The van der Waals surface area contributed by atoms with E-state index in [1.165, 1.54) is 122 Å². The van der Waals surface area contributed by atoms with Gasteiger partial charge in [0.2, 0.25) is 0 Å². The summed E-state index contributed by atoms with van der Waals surface area (Å²) in [5.74, 6) is -0.884. The zero-order valence-corrected chi connectivity index (χ0v) is 32.7. The lowest BCUT2D eigenvalue weighted by molar-refractivity contribution is -0.167. The molecule has 0 aromatic heterocycles. The second-order valence-electron chi connectivity index (χ2n) is 14.3. The van der Waals surface area contributed by atoms with E-state index in [1.54, 1.807) is 0 Å². The van der Waals surface area contributed by atoms with E-state index in [2.05, 4.69) is 32.9 Å². The zero-order valence-electron chi connectivity index (χ0n) is 32.7. The Balaban J connectivity index is 4.31. The van der Waals surface area contributed by atoms with Crippen LogP contribution in [-0.4, -0.2) is 37.2 Å². The Morgan fingerprint density at radius 2 is 0.673 bits per heavy atom. The van der Waals surface area contributed by atoms with E-state index >= 15 is 0 Å². The molecule has 0 aliphatic rings. The lowest BCUT2D eigenvalue weighted by Gasteiger charge is -2.18. The van der Waals surface area contributed by atoms with E-state index in [0.717, 1.165) is 64.2 Å². The molecule has 0 aromatic rings. The third-order valence-electron chi connectivity index (χ3n) is 9.27. The maximum absolute atomic E-state index is 12.6. The van der Waals surface area contributed by atoms with E-state index in [1.807, 2.05) is 0 Å². The molecule has 0 saturated carbocycles. The molecule has 0 atom stereocenters. The van der Waals surface area contributed by atoms with Gasteiger partial charge in [-0.25, -0.2) is 0 Å². The molecule has 49 heavy (non-hydrogen) atoms. The summed E-state index contributed by atoms with van der Waals surface area (Å²) in [6, 6.07) is 0. The van der Waals surface area contributed by atoms with Crippen molar-refractivity contribution in [3.05, 3.63) is 12.2 Å². The maximum Gasteiger partial charge on any atom is 0.306 e. The van der Waals surface area contributed by atoms with Crippen LogP contribution in [0.15, 0.2) is 12.2 Å². The van der Waals surface area contributed by atoms with Gasteiger partial charge in [0.1, 0.15) is 13.2 Å². The van der Waals surface area contributed by atoms with E-state index in [0.29, 0.717) is 19.3 Å². The quantitative estimate of drug-likeness (QED) is 0.0277. The van der Waals surface area contributed by atoms with E-state index in [-0.39, 0.29) is 31.1 Å². The van der Waals surface area contributed by atoms with Gasteiger partial charge in [0, 0.05) is 19.3 Å². The molecule has 0 aromatic carbocycles. The van der Waals surface area contributed by atoms with Gasteiger partial charge in [0.05, 0.1) is 0 Å². The first-order valence-corrected chi connectivity index (χ1v) is 21.2. The standard InChI is InChI=1S/C43H80O6/c1-4-7-10-13-16-19-20-21-22-23-24-25-28-31-34-37-43(46)49-40(38-47-41(44)35-32-29-26-17-14-11-8-5-2)39-48-42(45)36-33-30-27-18-15-12-9-6-3/h21-22,40H,4-20,23-39H2,1-3H3/b22-21-. The Morgan fingerprint density at radius 3 is 1.02 bits per heavy atom. The van der Waals surface area contributed by atoms with E-state index in [9.17, 15) is 14.4 Å². The fraction of sp³-hybridized carbons (Fsp3) is 0.884. The first-order chi connectivity index (χ1) is 24.0. The van der Waals surface area contributed by atoms with Crippen LogP contribution in [0.2, 0.25) is 0 Å². The van der Waals surface area contributed by atoms with Gasteiger partial charge in [-0.05, 0) is 44.9 Å². The second-order valence-corrected chi connectivity index (χ2v) is 14.3. The van der Waals surface area contributed by atoms with Crippen LogP contribution in [0.1, 0.15) is 226 Å². The minimum absolute atomic E-state index is 0.0704. The number of hydrogen-bond acceptors (Lipinski definition) is 6. The second kappa shape index (κ2) is 38.9. The summed E-state index contributed by atoms with van der Waals surface area (Å²) in [5.41, 5.74) is 0. The van der Waals surface area contributed by atoms with Crippen LogP contribution < -0.4 is 0 Å². The van der Waals surface area contributed by atoms with Crippen LogP contribution in [0.3, 0.4) is 0 Å². The van der Waals surface area contributed by atoms with Gasteiger partial charge in [-0.2, -0.15) is 0 Å². The molecule has 0 unspecified atom stereocenters. The van der Waals surface area contributed by atoms with Crippen LogP contribution in [0.25, 0.3) is 0 Å². The van der Waals surface area contributed by atoms with Crippen LogP contribution in [0, 0.1) is 0 Å². The third-order valence-corrected chi connectivity index (χ3v) is 9.27. The number of esters is 3. The topological polar surface area (TPSA) is 78.9 Å². The number of ether oxygens (including phenoxy) is 3. The summed E-state index contributed by atoms with van der Waals surface area (Å²) in [6.45, 7) is 6.56. The minimum atomic E-state index is -0.763. The number of carbonyl (C=O) groups excluding carboxylic acids is 3. The average Bonchev–Trinajstić information content (AvgIpc) is 3.10. The van der Waals surface area contributed by atoms with Gasteiger partial charge in [-0.3, -0.25) is 14.4 Å². The molecular formula is C43H80O6. The van der Waals surface area contributed by atoms with Crippen LogP contribution in [0.5, 0.6) is 0 Å². The predicted molar refractivity (Wildman–Crippen MR) is 206 cm³/mol. The largest absolute Gasteiger partial charge is 0.462 e. The van der Waals surface area contributed by atoms with Crippen molar-refractivity contribution in [1.82, 2.24) is 0 Å². The number of carbonyl (C=O) groups is 3. The Bertz CT molecular complexity index is 727. The molecule has 288 valence electrons. The molecule has 0 fully saturated rings. The number of hydrogen-bond donors (Lipinski definition) is 0. The summed E-state index contributed by atoms with van der Waals surface area (Å²) >= 11 is 0. The third kappa shape index (κ3) is 37.2. The highest BCUT2D eigenvalue weighted by Gasteiger charge is 2.19. The van der Waals surface area contributed by atoms with E-state index in [4.69, 9.17) is 14.2 Å². The van der Waals surface area contributed by atoms with Crippen molar-refractivity contribution in [3.8, 4) is 0 Å². The van der Waals surface area contributed by atoms with Crippen LogP contribution >= 0.6 is 0 Å². The lowest BCUT2D eigenvalue weighted by atomic mass is 10.1. The fourth-order valence-electron chi connectivity index (χ4n) is 6.02. The molecule has 0 radical (unpaired) electrons. The molecule has 0 N–H and O–H groups in total. The highest BCUT2D eigenvalue weighted by atomic mass is 16.6. The molecule has 0 spiro atoms. The Hall–Kier alpha value is -1.85. The van der Waals surface area contributed by atoms with Gasteiger partial charge in [-0.15, -0.1) is 0 Å². The highest BCUT2D eigenvalue weighted by molar-refractivity contribution is 5.71. The molecule has 0 heterocycles. The van der Waals surface area contributed by atoms with Gasteiger partial charge in [-0.1, -0.05) is 174 Å². The first-order valence-electron chi connectivity index (χ1n) is 21.2. The molecule has 0 bridgehead atoms. The lowest BCUT2D eigenvalue weighted by Crippen LogP contribution is -2.30. The van der Waals surface area contributed by atoms with Gasteiger partial charge in [0.25, 0.3) is 0 Å². The summed E-state index contributed by atoms with van der Waals surface area (Å²) in [4.78, 5) is 37.4. The van der Waals surface area contributed by atoms with Gasteiger partial charge < -0.3 is 14.2 Å². The van der Waals surface area contributed by atoms with Gasteiger partial charge in [0.15, 0.2) is 6.10 Å². The summed E-state index contributed by atoms with van der Waals surface area (Å²) in [5, 5.41) is 0. The molecular weight excluding hydrogens is 612 g/mol. The van der Waals surface area contributed by atoms with Crippen molar-refractivity contribution in [1.29, 1.82) is 0 Å². The first kappa shape index (κ1) is 47.1. The Labute approximate surface area is 303 Å². The monoisotopic (exact) mass is 693 g/mol. The van der Waals surface area contributed by atoms with Crippen molar-refractivity contribution in [2.75, 3.05) is 13.2 Å². The molecule has 0 rings (SSSR count). The average molecular weight is 693 g/mol. The molecule has 0 amide bonds. The summed E-state index contributed by atoms with van der Waals surface area (Å²) < 4.78 is 16.6. The maximum atomic E-state index is 12.6. The zero-order chi connectivity index (χ0) is 35.9. The number of rotatable bonds is 38. The summed E-state index contributed by atoms with van der Waals surface area (Å²) in [6.07, 6.45) is 39.2. The van der Waals surface area contributed by atoms with Crippen molar-refractivity contribution < 1.29 is 28.6 Å². The van der Waals surface area contributed by atoms with Crippen molar-refractivity contribution in [3.63, 3.8) is 0 Å². The van der Waals surface area contributed by atoms with E-state index < -0.39 is 6.10 Å². The number of unbranched alkanes of at least 4 members (excludes halogenated alkanes) is 25. The SMILES string of the molecule is CCCCCCCC/C=C\CCCCCCCC(=O)OC(COC(=O)CCCCCCCCCC)COC(=O)CCCCCCCCCC. The fourth-order valence-corrected chi connectivity index (χ4v) is 6.02. The minimum Gasteiger partial charge on any atom is -0.462 e. The van der Waals surface area contributed by atoms with Crippen LogP contribution in [0.4, 0.5) is 0 Å². The normalized spacial score (nSPS) is 11.4.